The van der Waals surface area contributed by atoms with E-state index in [9.17, 15) is 4.79 Å². The standard InChI is InChI=1S/C28H26O2Si/c1-30-24-20-17-23(18-21-24)19-22-28(29)31(25-11-5-2-6-12-25,26-13-7-3-8-14-26)27-15-9-4-10-16-27/h2-18,20-21H,19,22H2,1H3. The molecule has 0 aliphatic heterocycles. The lowest BCUT2D eigenvalue weighted by Crippen LogP contribution is -2.72. The van der Waals surface area contributed by atoms with Crippen LogP contribution in [-0.2, 0) is 11.2 Å². The lowest BCUT2D eigenvalue weighted by Gasteiger charge is -2.32. The minimum Gasteiger partial charge on any atom is -0.497 e. The van der Waals surface area contributed by atoms with Crippen LogP contribution < -0.4 is 20.3 Å². The van der Waals surface area contributed by atoms with Crippen molar-refractivity contribution in [3.63, 3.8) is 0 Å². The molecule has 0 heterocycles. The van der Waals surface area contributed by atoms with Crippen LogP contribution >= 0.6 is 0 Å². The smallest absolute Gasteiger partial charge is 0.224 e. The van der Waals surface area contributed by atoms with Crippen LogP contribution in [0.5, 0.6) is 5.75 Å². The molecule has 0 aliphatic rings. The molecule has 0 aromatic heterocycles. The molecule has 0 saturated carbocycles. The zero-order valence-corrected chi connectivity index (χ0v) is 18.7. The van der Waals surface area contributed by atoms with Gasteiger partial charge in [-0.3, -0.25) is 0 Å². The molecule has 0 fully saturated rings. The summed E-state index contributed by atoms with van der Waals surface area (Å²) in [6.45, 7) is 0. The van der Waals surface area contributed by atoms with E-state index in [2.05, 4.69) is 36.4 Å². The van der Waals surface area contributed by atoms with Crippen molar-refractivity contribution in [2.24, 2.45) is 0 Å². The molecular formula is C28H26O2Si. The molecule has 3 heteroatoms. The number of rotatable bonds is 8. The number of aryl methyl sites for hydroxylation is 1. The molecule has 0 saturated heterocycles. The Kier molecular flexibility index (Phi) is 6.44. The van der Waals surface area contributed by atoms with Gasteiger partial charge in [0.15, 0.2) is 0 Å². The van der Waals surface area contributed by atoms with Crippen molar-refractivity contribution in [2.75, 3.05) is 7.11 Å². The average Bonchev–Trinajstić information content (AvgIpc) is 2.85. The first kappa shape index (κ1) is 20.8. The second-order valence-electron chi connectivity index (χ2n) is 7.62. The molecule has 0 N–H and O–H groups in total. The summed E-state index contributed by atoms with van der Waals surface area (Å²) >= 11 is 0. The monoisotopic (exact) mass is 422 g/mol. The van der Waals surface area contributed by atoms with Crippen molar-refractivity contribution in [3.05, 3.63) is 121 Å². The summed E-state index contributed by atoms with van der Waals surface area (Å²) in [5.41, 5.74) is 1.14. The van der Waals surface area contributed by atoms with Gasteiger partial charge in [-0.2, -0.15) is 0 Å². The lowest BCUT2D eigenvalue weighted by atomic mass is 10.1. The maximum Gasteiger partial charge on any atom is 0.224 e. The highest BCUT2D eigenvalue weighted by molar-refractivity contribution is 7.29. The van der Waals surface area contributed by atoms with Crippen LogP contribution in [0.3, 0.4) is 0 Å². The molecule has 2 nitrogen and oxygen atoms in total. The van der Waals surface area contributed by atoms with Gasteiger partial charge in [0.25, 0.3) is 0 Å². The van der Waals surface area contributed by atoms with Gasteiger partial charge >= 0.3 is 0 Å². The molecule has 4 aromatic rings. The predicted molar refractivity (Wildman–Crippen MR) is 130 cm³/mol. The first-order valence-corrected chi connectivity index (χ1v) is 12.6. The predicted octanol–water partition coefficient (Wildman–Crippen LogP) is 3.91. The van der Waals surface area contributed by atoms with Crippen molar-refractivity contribution < 1.29 is 9.53 Å². The first-order valence-electron chi connectivity index (χ1n) is 10.6. The first-order chi connectivity index (χ1) is 15.2. The average molecular weight is 423 g/mol. The summed E-state index contributed by atoms with van der Waals surface area (Å²) in [5, 5.41) is 3.72. The van der Waals surface area contributed by atoms with E-state index in [1.165, 1.54) is 0 Å². The minimum absolute atomic E-state index is 0.326. The van der Waals surface area contributed by atoms with Gasteiger partial charge in [-0.25, -0.2) is 0 Å². The maximum absolute atomic E-state index is 14.2. The van der Waals surface area contributed by atoms with E-state index < -0.39 is 8.07 Å². The molecule has 4 rings (SSSR count). The normalized spacial score (nSPS) is 11.1. The molecule has 0 bridgehead atoms. The van der Waals surface area contributed by atoms with E-state index in [1.54, 1.807) is 7.11 Å². The van der Waals surface area contributed by atoms with Crippen LogP contribution in [0.15, 0.2) is 115 Å². The fraction of sp³-hybridized carbons (Fsp3) is 0.107. The minimum atomic E-state index is -2.86. The number of hydrogen-bond acceptors (Lipinski definition) is 2. The molecular weight excluding hydrogens is 396 g/mol. The van der Waals surface area contributed by atoms with Crippen molar-refractivity contribution in [1.29, 1.82) is 0 Å². The summed E-state index contributed by atoms with van der Waals surface area (Å²) in [4.78, 5) is 14.2. The molecule has 154 valence electrons. The van der Waals surface area contributed by atoms with E-state index in [-0.39, 0.29) is 0 Å². The quantitative estimate of drug-likeness (QED) is 0.318. The second-order valence-corrected chi connectivity index (χ2v) is 11.4. The van der Waals surface area contributed by atoms with Crippen molar-refractivity contribution in [2.45, 2.75) is 12.8 Å². The number of hydrogen-bond donors (Lipinski definition) is 0. The van der Waals surface area contributed by atoms with Crippen molar-refractivity contribution in [3.8, 4) is 5.75 Å². The molecule has 0 atom stereocenters. The summed E-state index contributed by atoms with van der Waals surface area (Å²) < 4.78 is 5.26. The number of methoxy groups -OCH3 is 1. The summed E-state index contributed by atoms with van der Waals surface area (Å²) in [5.74, 6) is 0.830. The SMILES string of the molecule is COc1ccc(CCC(=O)[Si](c2ccccc2)(c2ccccc2)c2ccccc2)cc1. The largest absolute Gasteiger partial charge is 0.497 e. The Hall–Kier alpha value is -3.43. The van der Waals surface area contributed by atoms with Crippen LogP contribution in [0, 0.1) is 0 Å². The summed E-state index contributed by atoms with van der Waals surface area (Å²) in [6.07, 6.45) is 1.21. The van der Waals surface area contributed by atoms with E-state index in [1.807, 2.05) is 78.9 Å². The van der Waals surface area contributed by atoms with Crippen molar-refractivity contribution >= 4 is 29.0 Å². The lowest BCUT2D eigenvalue weighted by molar-refractivity contribution is -0.112. The Morgan fingerprint density at radius 1 is 0.645 bits per heavy atom. The van der Waals surface area contributed by atoms with Gasteiger partial charge in [0, 0.05) is 6.42 Å². The third-order valence-electron chi connectivity index (χ3n) is 5.84. The van der Waals surface area contributed by atoms with Gasteiger partial charge in [-0.15, -0.1) is 0 Å². The van der Waals surface area contributed by atoms with E-state index in [0.29, 0.717) is 18.2 Å². The highest BCUT2D eigenvalue weighted by atomic mass is 28.3. The molecule has 31 heavy (non-hydrogen) atoms. The summed E-state index contributed by atoms with van der Waals surface area (Å²) in [7, 11) is -1.20. The molecule has 0 unspecified atom stereocenters. The Bertz CT molecular complexity index is 1010. The zero-order chi connectivity index (χ0) is 21.5. The van der Waals surface area contributed by atoms with E-state index in [4.69, 9.17) is 4.74 Å². The number of benzene rings is 4. The zero-order valence-electron chi connectivity index (χ0n) is 17.7. The highest BCUT2D eigenvalue weighted by Crippen LogP contribution is 2.16. The number of ether oxygens (including phenoxy) is 1. The topological polar surface area (TPSA) is 26.3 Å². The third kappa shape index (κ3) is 4.23. The molecule has 0 aliphatic carbocycles. The number of carbonyl (C=O) groups is 1. The molecule has 0 amide bonds. The van der Waals surface area contributed by atoms with Gasteiger partial charge in [-0.1, -0.05) is 103 Å². The van der Waals surface area contributed by atoms with E-state index >= 15 is 0 Å². The van der Waals surface area contributed by atoms with Crippen LogP contribution in [0.1, 0.15) is 12.0 Å². The van der Waals surface area contributed by atoms with Crippen LogP contribution in [-0.4, -0.2) is 20.6 Å². The fourth-order valence-electron chi connectivity index (χ4n) is 4.28. The second kappa shape index (κ2) is 9.58. The van der Waals surface area contributed by atoms with Gasteiger partial charge in [0.1, 0.15) is 11.2 Å². The third-order valence-corrected chi connectivity index (χ3v) is 10.5. The molecule has 0 radical (unpaired) electrons. The Morgan fingerprint density at radius 2 is 1.06 bits per heavy atom. The van der Waals surface area contributed by atoms with Crippen LogP contribution in [0.4, 0.5) is 0 Å². The van der Waals surface area contributed by atoms with Gasteiger partial charge in [0.05, 0.1) is 7.11 Å². The van der Waals surface area contributed by atoms with Gasteiger partial charge < -0.3 is 9.53 Å². The molecule has 4 aromatic carbocycles. The Morgan fingerprint density at radius 3 is 1.45 bits per heavy atom. The Balaban J connectivity index is 1.80. The number of carbonyl (C=O) groups excluding carboxylic acids is 1. The fourth-order valence-corrected chi connectivity index (χ4v) is 8.83. The van der Waals surface area contributed by atoms with Crippen LogP contribution in [0.2, 0.25) is 0 Å². The van der Waals surface area contributed by atoms with Gasteiger partial charge in [-0.05, 0) is 39.7 Å². The van der Waals surface area contributed by atoms with Crippen molar-refractivity contribution in [1.82, 2.24) is 0 Å². The van der Waals surface area contributed by atoms with Gasteiger partial charge in [0.2, 0.25) is 8.07 Å². The maximum atomic E-state index is 14.2. The summed E-state index contributed by atoms with van der Waals surface area (Å²) in [6, 6.07) is 39.0. The van der Waals surface area contributed by atoms with Crippen LogP contribution in [0.25, 0.3) is 0 Å². The Labute approximate surface area is 185 Å². The van der Waals surface area contributed by atoms with E-state index in [0.717, 1.165) is 26.9 Å². The highest BCUT2D eigenvalue weighted by Gasteiger charge is 2.45. The molecule has 0 spiro atoms.